The average Bonchev–Trinajstić information content (AvgIpc) is 3.17. The molecule has 0 radical (unpaired) electrons. The molecule has 154 valence electrons. The summed E-state index contributed by atoms with van der Waals surface area (Å²) in [6, 6.07) is 6.04. The molecule has 8 heteroatoms. The number of nitrogens with one attached hydrogen (secondary N) is 3. The molecule has 1 aromatic rings. The number of hydrogen-bond acceptors (Lipinski definition) is 5. The Balaban J connectivity index is 1.73. The van der Waals surface area contributed by atoms with Crippen LogP contribution in [0, 0.1) is 18.8 Å². The minimum atomic E-state index is -0.968. The molecule has 2 aliphatic rings. The van der Waals surface area contributed by atoms with Crippen LogP contribution >= 0.6 is 11.6 Å². The quantitative estimate of drug-likeness (QED) is 0.537. The highest BCUT2D eigenvalue weighted by Crippen LogP contribution is 2.27. The number of nitrogens with two attached hydrogens (primary N) is 1. The van der Waals surface area contributed by atoms with Crippen LogP contribution in [0.25, 0.3) is 0 Å². The zero-order valence-corrected chi connectivity index (χ0v) is 16.9. The van der Waals surface area contributed by atoms with Crippen LogP contribution in [-0.4, -0.2) is 49.7 Å². The molecule has 0 aliphatic carbocycles. The number of likely N-dealkylation sites (tertiary alicyclic amines) is 1. The number of nitrogens with zero attached hydrogens (tertiary/aromatic N) is 1. The molecule has 6 nitrogen and oxygen atoms in total. The van der Waals surface area contributed by atoms with Crippen molar-refractivity contribution < 1.29 is 9.18 Å². The molecule has 5 N–H and O–H groups in total. The van der Waals surface area contributed by atoms with Crippen LogP contribution in [0.3, 0.4) is 0 Å². The van der Waals surface area contributed by atoms with Gasteiger partial charge in [0.05, 0.1) is 12.3 Å². The van der Waals surface area contributed by atoms with Crippen molar-refractivity contribution in [1.29, 1.82) is 0 Å². The van der Waals surface area contributed by atoms with Crippen LogP contribution in [0.1, 0.15) is 23.7 Å². The Morgan fingerprint density at radius 1 is 1.50 bits per heavy atom. The molecule has 0 saturated carbocycles. The largest absolute Gasteiger partial charge is 0.350 e. The number of hydrogen-bond donors (Lipinski definition) is 4. The van der Waals surface area contributed by atoms with Crippen molar-refractivity contribution >= 4 is 17.5 Å². The second-order valence-corrected chi connectivity index (χ2v) is 8.13. The van der Waals surface area contributed by atoms with Crippen LogP contribution in [0.4, 0.5) is 4.39 Å². The van der Waals surface area contributed by atoms with Crippen LogP contribution in [0.15, 0.2) is 30.6 Å². The molecule has 4 unspecified atom stereocenters. The molecule has 28 heavy (non-hydrogen) atoms. The van der Waals surface area contributed by atoms with Crippen molar-refractivity contribution in [3.05, 3.63) is 46.8 Å². The third-order valence-electron chi connectivity index (χ3n) is 5.71. The van der Waals surface area contributed by atoms with E-state index in [2.05, 4.69) is 33.5 Å². The Kier molecular flexibility index (Phi) is 7.06. The minimum absolute atomic E-state index is 0.0380. The summed E-state index contributed by atoms with van der Waals surface area (Å²) in [6.07, 6.45) is 1.04. The first-order chi connectivity index (χ1) is 13.4. The van der Waals surface area contributed by atoms with Gasteiger partial charge in [0.25, 0.3) is 5.91 Å². The van der Waals surface area contributed by atoms with E-state index >= 15 is 0 Å². The number of benzene rings is 1. The molecule has 0 bridgehead atoms. The van der Waals surface area contributed by atoms with Gasteiger partial charge in [-0.1, -0.05) is 30.3 Å². The fourth-order valence-corrected chi connectivity index (χ4v) is 4.15. The van der Waals surface area contributed by atoms with E-state index in [0.29, 0.717) is 25.6 Å². The van der Waals surface area contributed by atoms with Gasteiger partial charge in [-0.15, -0.1) is 0 Å². The molecular formula is C20H29ClFN5O. The van der Waals surface area contributed by atoms with Gasteiger partial charge < -0.3 is 11.1 Å². The van der Waals surface area contributed by atoms with E-state index in [9.17, 15) is 9.18 Å². The van der Waals surface area contributed by atoms with Crippen molar-refractivity contribution in [3.63, 3.8) is 0 Å². The fraction of sp³-hybridized carbons (Fsp3) is 0.550. The lowest BCUT2D eigenvalue weighted by atomic mass is 9.98. The molecule has 1 aromatic carbocycles. The first-order valence-corrected chi connectivity index (χ1v) is 10.1. The molecule has 3 rings (SSSR count). The molecule has 1 amide bonds. The van der Waals surface area contributed by atoms with E-state index in [1.807, 2.05) is 19.1 Å². The fourth-order valence-electron chi connectivity index (χ4n) is 3.96. The summed E-state index contributed by atoms with van der Waals surface area (Å²) in [5.74, 6) is -1.17. The van der Waals surface area contributed by atoms with E-state index in [0.717, 1.165) is 35.7 Å². The molecule has 2 heterocycles. The highest BCUT2D eigenvalue weighted by atomic mass is 35.5. The molecule has 4 atom stereocenters. The summed E-state index contributed by atoms with van der Waals surface area (Å²) in [5.41, 5.74) is 7.96. The van der Waals surface area contributed by atoms with Crippen molar-refractivity contribution in [2.75, 3.05) is 32.7 Å². The Bertz CT molecular complexity index is 731. The summed E-state index contributed by atoms with van der Waals surface area (Å²) in [6.45, 7) is 8.60. The van der Waals surface area contributed by atoms with Gasteiger partial charge in [-0.3, -0.25) is 20.3 Å². The number of halogens is 2. The van der Waals surface area contributed by atoms with Crippen molar-refractivity contribution in [1.82, 2.24) is 20.9 Å². The molecule has 2 fully saturated rings. The van der Waals surface area contributed by atoms with Crippen molar-refractivity contribution in [3.8, 4) is 0 Å². The third-order valence-corrected chi connectivity index (χ3v) is 6.12. The summed E-state index contributed by atoms with van der Waals surface area (Å²) < 4.78 is 13.0. The second kappa shape index (κ2) is 9.33. The number of carbonyl (C=O) groups excluding carboxylic acids is 1. The number of rotatable bonds is 6. The maximum absolute atomic E-state index is 13.0. The summed E-state index contributed by atoms with van der Waals surface area (Å²) >= 11 is 6.31. The summed E-state index contributed by atoms with van der Waals surface area (Å²) in [5, 5.41) is 10.5. The second-order valence-electron chi connectivity index (χ2n) is 7.72. The van der Waals surface area contributed by atoms with Crippen LogP contribution < -0.4 is 21.7 Å². The predicted octanol–water partition coefficient (Wildman–Crippen LogP) is 1.66. The van der Waals surface area contributed by atoms with Crippen molar-refractivity contribution in [2.45, 2.75) is 25.7 Å². The number of amides is 1. The topological polar surface area (TPSA) is 82.4 Å². The zero-order valence-electron chi connectivity index (χ0n) is 16.2. The monoisotopic (exact) mass is 409 g/mol. The van der Waals surface area contributed by atoms with Crippen molar-refractivity contribution in [2.24, 2.45) is 17.6 Å². The maximum Gasteiger partial charge on any atom is 0.279 e. The van der Waals surface area contributed by atoms with Gasteiger partial charge >= 0.3 is 0 Å². The van der Waals surface area contributed by atoms with Gasteiger partial charge in [-0.2, -0.15) is 0 Å². The Hall–Kier alpha value is -1.51. The highest BCUT2D eigenvalue weighted by molar-refractivity contribution is 6.31. The number of aryl methyl sites for hydroxylation is 1. The average molecular weight is 410 g/mol. The van der Waals surface area contributed by atoms with Crippen LogP contribution in [0.2, 0.25) is 5.02 Å². The van der Waals surface area contributed by atoms with Gasteiger partial charge in [0.15, 0.2) is 5.83 Å². The highest BCUT2D eigenvalue weighted by Gasteiger charge is 2.37. The van der Waals surface area contributed by atoms with E-state index < -0.39 is 11.7 Å². The smallest absolute Gasteiger partial charge is 0.279 e. The molecule has 2 saturated heterocycles. The molecule has 2 aliphatic heterocycles. The van der Waals surface area contributed by atoms with Gasteiger partial charge in [-0.05, 0) is 43.0 Å². The van der Waals surface area contributed by atoms with Gasteiger partial charge in [0, 0.05) is 37.1 Å². The van der Waals surface area contributed by atoms with Gasteiger partial charge in [0.2, 0.25) is 0 Å². The maximum atomic E-state index is 13.0. The van der Waals surface area contributed by atoms with Crippen LogP contribution in [-0.2, 0) is 4.79 Å². The van der Waals surface area contributed by atoms with Crippen LogP contribution in [0.5, 0.6) is 0 Å². The normalized spacial score (nSPS) is 28.3. The first kappa shape index (κ1) is 21.2. The summed E-state index contributed by atoms with van der Waals surface area (Å²) in [4.78, 5) is 14.0. The standard InChI is InChI=1S/C20H29ClFN5O/c1-12-3-4-15(7-17(12)21)18-24-9-16(10-25-20(28)13(2)22)19(26-18)27-6-5-14(8-23)11-27/h3-4,7,14,16,18-19,24,26H,2,5-6,8-11,23H2,1H3,(H,25,28). The zero-order chi connectivity index (χ0) is 20.3. The van der Waals surface area contributed by atoms with E-state index in [-0.39, 0.29) is 18.2 Å². The molecule has 0 spiro atoms. The lowest BCUT2D eigenvalue weighted by molar-refractivity contribution is -0.119. The predicted molar refractivity (Wildman–Crippen MR) is 109 cm³/mol. The lowest BCUT2D eigenvalue weighted by Crippen LogP contribution is -2.62. The number of carbonyl (C=O) groups is 1. The third kappa shape index (κ3) is 4.90. The molecular weight excluding hydrogens is 381 g/mol. The van der Waals surface area contributed by atoms with E-state index in [4.69, 9.17) is 17.3 Å². The van der Waals surface area contributed by atoms with Gasteiger partial charge in [-0.25, -0.2) is 4.39 Å². The Labute approximate surface area is 170 Å². The lowest BCUT2D eigenvalue weighted by Gasteiger charge is -2.43. The van der Waals surface area contributed by atoms with E-state index in [1.165, 1.54) is 0 Å². The molecule has 0 aromatic heterocycles. The van der Waals surface area contributed by atoms with E-state index in [1.54, 1.807) is 0 Å². The summed E-state index contributed by atoms with van der Waals surface area (Å²) in [7, 11) is 0. The SMILES string of the molecule is C=C(F)C(=O)NCC1CNC(c2ccc(C)c(Cl)c2)NC1N1CCC(CN)C1. The Morgan fingerprint density at radius 2 is 2.29 bits per heavy atom. The first-order valence-electron chi connectivity index (χ1n) is 9.71. The minimum Gasteiger partial charge on any atom is -0.350 e. The Morgan fingerprint density at radius 3 is 2.93 bits per heavy atom. The van der Waals surface area contributed by atoms with Gasteiger partial charge in [0.1, 0.15) is 0 Å².